The van der Waals surface area contributed by atoms with Gasteiger partial charge < -0.3 is 0 Å². The van der Waals surface area contributed by atoms with E-state index in [1.54, 1.807) is 5.41 Å². The molecular weight excluding hydrogens is 92.1 g/mol. The second-order valence-electron chi connectivity index (χ2n) is 0.867. The average Bonchev–Trinajstić information content (AvgIpc) is 1.61. The van der Waals surface area contributed by atoms with E-state index in [9.17, 15) is 0 Å². The maximum atomic E-state index is 3.82. The second-order valence-corrected chi connectivity index (χ2v) is 1.17. The molecule has 0 spiro atoms. The van der Waals surface area contributed by atoms with Crippen LogP contribution >= 0.6 is 12.6 Å². The van der Waals surface area contributed by atoms with Crippen LogP contribution in [0.4, 0.5) is 0 Å². The van der Waals surface area contributed by atoms with Crippen LogP contribution in [0.5, 0.6) is 0 Å². The van der Waals surface area contributed by atoms with Crippen molar-refractivity contribution < 1.29 is 0 Å². The number of thiol groups is 1. The lowest BCUT2D eigenvalue weighted by Crippen LogP contribution is -1.37. The molecular formula is C5H8S. The summed E-state index contributed by atoms with van der Waals surface area (Å²) in [6.07, 6.45) is 5.74. The Labute approximate surface area is 44.0 Å². The highest BCUT2D eigenvalue weighted by atomic mass is 32.1. The third-order valence-electron chi connectivity index (χ3n) is 0.390. The van der Waals surface area contributed by atoms with Gasteiger partial charge in [-0.2, -0.15) is 12.6 Å². The first kappa shape index (κ1) is 5.83. The van der Waals surface area contributed by atoms with Gasteiger partial charge in [0.1, 0.15) is 0 Å². The highest BCUT2D eigenvalue weighted by Gasteiger charge is 1.49. The first-order valence-electron chi connectivity index (χ1n) is 1.84. The molecule has 0 aromatic rings. The van der Waals surface area contributed by atoms with Crippen LogP contribution in [0, 0.1) is 0 Å². The third kappa shape index (κ3) is 3.83. The molecule has 0 unspecified atom stereocenters. The molecule has 0 atom stereocenters. The Morgan fingerprint density at radius 2 is 2.00 bits per heavy atom. The summed E-state index contributed by atoms with van der Waals surface area (Å²) in [5.74, 6) is 0. The topological polar surface area (TPSA) is 0 Å². The Balaban J connectivity index is 3.07. The first-order valence-corrected chi connectivity index (χ1v) is 2.35. The zero-order chi connectivity index (χ0) is 4.83. The molecule has 0 amide bonds. The number of allylic oxidation sites excluding steroid dienone is 3. The maximum absolute atomic E-state index is 3.82. The molecule has 0 fully saturated rings. The van der Waals surface area contributed by atoms with Crippen LogP contribution in [0.3, 0.4) is 0 Å². The number of hydrogen-bond acceptors (Lipinski definition) is 1. The summed E-state index contributed by atoms with van der Waals surface area (Å²) in [6, 6.07) is 0. The summed E-state index contributed by atoms with van der Waals surface area (Å²) in [7, 11) is 0. The summed E-state index contributed by atoms with van der Waals surface area (Å²) in [6.45, 7) is 1.97. The van der Waals surface area contributed by atoms with E-state index in [0.717, 1.165) is 0 Å². The van der Waals surface area contributed by atoms with Gasteiger partial charge in [-0.25, -0.2) is 0 Å². The van der Waals surface area contributed by atoms with Crippen LogP contribution in [-0.2, 0) is 0 Å². The molecule has 6 heavy (non-hydrogen) atoms. The summed E-state index contributed by atoms with van der Waals surface area (Å²) < 4.78 is 0. The summed E-state index contributed by atoms with van der Waals surface area (Å²) in [4.78, 5) is 0. The van der Waals surface area contributed by atoms with Crippen molar-refractivity contribution in [3.05, 3.63) is 23.6 Å². The molecule has 1 heteroatoms. The molecule has 0 radical (unpaired) electrons. The number of hydrogen-bond donors (Lipinski definition) is 1. The van der Waals surface area contributed by atoms with E-state index in [0.29, 0.717) is 0 Å². The average molecular weight is 100 g/mol. The van der Waals surface area contributed by atoms with E-state index >= 15 is 0 Å². The third-order valence-corrected chi connectivity index (χ3v) is 0.562. The quantitative estimate of drug-likeness (QED) is 0.378. The van der Waals surface area contributed by atoms with Gasteiger partial charge in [0.25, 0.3) is 0 Å². The fourth-order valence-corrected chi connectivity index (χ4v) is 0.260. The number of rotatable bonds is 1. The Morgan fingerprint density at radius 3 is 2.17 bits per heavy atom. The highest BCUT2D eigenvalue weighted by Crippen LogP contribution is 1.77. The zero-order valence-electron chi connectivity index (χ0n) is 3.76. The molecule has 0 nitrogen and oxygen atoms in total. The molecule has 0 N–H and O–H groups in total. The summed E-state index contributed by atoms with van der Waals surface area (Å²) >= 11 is 3.82. The van der Waals surface area contributed by atoms with Crippen LogP contribution in [-0.4, -0.2) is 0 Å². The Bertz CT molecular complexity index is 52.3. The monoisotopic (exact) mass is 100 g/mol. The van der Waals surface area contributed by atoms with Gasteiger partial charge in [-0.1, -0.05) is 18.2 Å². The summed E-state index contributed by atoms with van der Waals surface area (Å²) in [5.41, 5.74) is 0. The van der Waals surface area contributed by atoms with E-state index in [-0.39, 0.29) is 0 Å². The fraction of sp³-hybridized carbons (Fsp3) is 0.200. The molecule has 0 saturated heterocycles. The summed E-state index contributed by atoms with van der Waals surface area (Å²) in [5, 5.41) is 1.69. The molecule has 0 aliphatic rings. The van der Waals surface area contributed by atoms with Crippen LogP contribution in [0.25, 0.3) is 0 Å². The van der Waals surface area contributed by atoms with Crippen molar-refractivity contribution in [2.45, 2.75) is 6.92 Å². The van der Waals surface area contributed by atoms with E-state index in [2.05, 4.69) is 12.6 Å². The molecule has 0 aliphatic heterocycles. The van der Waals surface area contributed by atoms with Crippen LogP contribution in [0.1, 0.15) is 6.92 Å². The Kier molecular flexibility index (Phi) is 4.69. The van der Waals surface area contributed by atoms with E-state index in [1.807, 2.05) is 25.2 Å². The predicted molar refractivity (Wildman–Crippen MR) is 32.9 cm³/mol. The highest BCUT2D eigenvalue weighted by molar-refractivity contribution is 7.83. The predicted octanol–water partition coefficient (Wildman–Crippen LogP) is 2.01. The van der Waals surface area contributed by atoms with Crippen LogP contribution in [0.15, 0.2) is 23.6 Å². The minimum Gasteiger partial charge on any atom is -0.151 e. The van der Waals surface area contributed by atoms with Gasteiger partial charge in [0, 0.05) is 0 Å². The van der Waals surface area contributed by atoms with Crippen molar-refractivity contribution in [1.82, 2.24) is 0 Å². The van der Waals surface area contributed by atoms with Gasteiger partial charge in [-0.05, 0) is 12.3 Å². The lowest BCUT2D eigenvalue weighted by molar-refractivity contribution is 1.74. The molecule has 0 bridgehead atoms. The van der Waals surface area contributed by atoms with Crippen molar-refractivity contribution in [3.8, 4) is 0 Å². The SMILES string of the molecule is CC=CC=CS. The molecule has 34 valence electrons. The molecule has 0 rings (SSSR count). The molecule has 0 saturated carbocycles. The van der Waals surface area contributed by atoms with Gasteiger partial charge in [0.2, 0.25) is 0 Å². The van der Waals surface area contributed by atoms with Crippen LogP contribution < -0.4 is 0 Å². The fourth-order valence-electron chi connectivity index (χ4n) is 0.161. The van der Waals surface area contributed by atoms with Gasteiger partial charge >= 0.3 is 0 Å². The minimum absolute atomic E-state index is 1.69. The van der Waals surface area contributed by atoms with Crippen molar-refractivity contribution >= 4 is 12.6 Å². The Hall–Kier alpha value is -0.170. The standard InChI is InChI=1S/C5H8S/c1-2-3-4-5-6/h2-6H,1H3. The lowest BCUT2D eigenvalue weighted by Gasteiger charge is -1.62. The van der Waals surface area contributed by atoms with Crippen molar-refractivity contribution in [2.75, 3.05) is 0 Å². The van der Waals surface area contributed by atoms with Crippen molar-refractivity contribution in [2.24, 2.45) is 0 Å². The second kappa shape index (κ2) is 4.83. The van der Waals surface area contributed by atoms with Gasteiger partial charge in [0.15, 0.2) is 0 Å². The van der Waals surface area contributed by atoms with E-state index in [1.165, 1.54) is 0 Å². The molecule has 0 heterocycles. The van der Waals surface area contributed by atoms with Crippen LogP contribution in [0.2, 0.25) is 0 Å². The van der Waals surface area contributed by atoms with E-state index < -0.39 is 0 Å². The molecule has 0 aromatic heterocycles. The van der Waals surface area contributed by atoms with E-state index in [4.69, 9.17) is 0 Å². The zero-order valence-corrected chi connectivity index (χ0v) is 4.65. The lowest BCUT2D eigenvalue weighted by atomic mass is 10.5. The largest absolute Gasteiger partial charge is 0.151 e. The minimum atomic E-state index is 1.69. The first-order chi connectivity index (χ1) is 2.91. The normalized spacial score (nSPS) is 11.7. The smallest absolute Gasteiger partial charge is 0.0324 e. The van der Waals surface area contributed by atoms with Gasteiger partial charge in [-0.15, -0.1) is 0 Å². The Morgan fingerprint density at radius 1 is 1.33 bits per heavy atom. The molecule has 0 aromatic carbocycles. The van der Waals surface area contributed by atoms with Gasteiger partial charge in [-0.3, -0.25) is 0 Å². The van der Waals surface area contributed by atoms with Crippen molar-refractivity contribution in [1.29, 1.82) is 0 Å². The maximum Gasteiger partial charge on any atom is -0.0324 e. The van der Waals surface area contributed by atoms with Gasteiger partial charge in [0.05, 0.1) is 0 Å². The van der Waals surface area contributed by atoms with Crippen molar-refractivity contribution in [3.63, 3.8) is 0 Å². The molecule has 0 aliphatic carbocycles.